The number of benzene rings is 1. The maximum atomic E-state index is 12.7. The van der Waals surface area contributed by atoms with Gasteiger partial charge in [0.2, 0.25) is 5.72 Å². The average molecular weight is 394 g/mol. The first-order valence-corrected chi connectivity index (χ1v) is 8.24. The van der Waals surface area contributed by atoms with Gasteiger partial charge in [-0.25, -0.2) is 5.01 Å². The Balaban J connectivity index is 1.60. The molecule has 2 aliphatic heterocycles. The topological polar surface area (TPSA) is 76.2 Å². The maximum absolute atomic E-state index is 12.7. The molecule has 4 rings (SSSR count). The van der Waals surface area contributed by atoms with Gasteiger partial charge in [0.15, 0.2) is 0 Å². The van der Waals surface area contributed by atoms with Crippen LogP contribution in [0.4, 0.5) is 13.2 Å². The Labute approximate surface area is 156 Å². The van der Waals surface area contributed by atoms with Crippen molar-refractivity contribution in [3.63, 3.8) is 0 Å². The molecule has 146 valence electrons. The van der Waals surface area contributed by atoms with E-state index in [9.17, 15) is 27.6 Å². The fourth-order valence-corrected chi connectivity index (χ4v) is 3.24. The molecule has 0 aromatic heterocycles. The van der Waals surface area contributed by atoms with Crippen LogP contribution in [0.5, 0.6) is 0 Å². The van der Waals surface area contributed by atoms with E-state index in [-0.39, 0.29) is 11.1 Å². The molecule has 1 fully saturated rings. The summed E-state index contributed by atoms with van der Waals surface area (Å²) in [5.74, 6) is -2.01. The highest BCUT2D eigenvalue weighted by Crippen LogP contribution is 2.36. The summed E-state index contributed by atoms with van der Waals surface area (Å²) in [6.07, 6.45) is -0.339. The third kappa shape index (κ3) is 2.90. The third-order valence-electron chi connectivity index (χ3n) is 4.46. The van der Waals surface area contributed by atoms with Crippen LogP contribution in [0.15, 0.2) is 48.6 Å². The number of amides is 3. The van der Waals surface area contributed by atoms with Crippen molar-refractivity contribution >= 4 is 17.7 Å². The first-order valence-electron chi connectivity index (χ1n) is 8.24. The fourth-order valence-electron chi connectivity index (χ4n) is 3.24. The van der Waals surface area contributed by atoms with Gasteiger partial charge in [0, 0.05) is 0 Å². The molecule has 28 heavy (non-hydrogen) atoms. The zero-order valence-corrected chi connectivity index (χ0v) is 14.2. The number of nitrogens with zero attached hydrogens (tertiary/aromatic N) is 2. The summed E-state index contributed by atoms with van der Waals surface area (Å²) in [7, 11) is 0. The zero-order valence-electron chi connectivity index (χ0n) is 14.2. The maximum Gasteiger partial charge on any atom is 0.411 e. The minimum absolute atomic E-state index is 0.150. The number of ether oxygens (including phenoxy) is 2. The number of carbonyl (C=O) groups excluding carboxylic acids is 3. The van der Waals surface area contributed by atoms with Crippen molar-refractivity contribution in [2.75, 3.05) is 13.2 Å². The summed E-state index contributed by atoms with van der Waals surface area (Å²) in [6.45, 7) is -1.85. The molecule has 0 unspecified atom stereocenters. The van der Waals surface area contributed by atoms with Crippen LogP contribution in [0.3, 0.4) is 0 Å². The minimum atomic E-state index is -4.48. The number of fused-ring (bicyclic) bond motifs is 1. The number of carbonyl (C=O) groups is 3. The van der Waals surface area contributed by atoms with E-state index < -0.39 is 48.9 Å². The van der Waals surface area contributed by atoms with E-state index >= 15 is 0 Å². The van der Waals surface area contributed by atoms with Crippen LogP contribution in [0.2, 0.25) is 0 Å². The lowest BCUT2D eigenvalue weighted by Crippen LogP contribution is -2.57. The molecular weight excluding hydrogens is 381 g/mol. The van der Waals surface area contributed by atoms with Gasteiger partial charge in [-0.3, -0.25) is 14.4 Å². The van der Waals surface area contributed by atoms with E-state index in [4.69, 9.17) is 9.47 Å². The lowest BCUT2D eigenvalue weighted by atomic mass is 10.0. The Morgan fingerprint density at radius 1 is 1.07 bits per heavy atom. The van der Waals surface area contributed by atoms with Crippen LogP contribution < -0.4 is 0 Å². The van der Waals surface area contributed by atoms with Crippen LogP contribution in [-0.4, -0.2) is 59.0 Å². The van der Waals surface area contributed by atoms with Crippen LogP contribution in [0, 0.1) is 0 Å². The van der Waals surface area contributed by atoms with Crippen molar-refractivity contribution in [1.29, 1.82) is 0 Å². The van der Waals surface area contributed by atoms with Gasteiger partial charge >= 0.3 is 6.18 Å². The Morgan fingerprint density at radius 2 is 1.64 bits per heavy atom. The normalized spacial score (nSPS) is 26.7. The van der Waals surface area contributed by atoms with Gasteiger partial charge in [0.1, 0.15) is 13.2 Å². The van der Waals surface area contributed by atoms with E-state index in [0.29, 0.717) is 5.01 Å². The van der Waals surface area contributed by atoms with Gasteiger partial charge in [0.25, 0.3) is 17.7 Å². The predicted molar refractivity (Wildman–Crippen MR) is 86.5 cm³/mol. The SMILES string of the molecule is O=C1c2ccccc2C(=O)N1N1C(=O)COC12C=CC(OCC(F)(F)F)C=C2. The van der Waals surface area contributed by atoms with E-state index in [1.165, 1.54) is 36.4 Å². The largest absolute Gasteiger partial charge is 0.411 e. The van der Waals surface area contributed by atoms with Gasteiger partial charge in [-0.1, -0.05) is 24.3 Å². The summed E-state index contributed by atoms with van der Waals surface area (Å²) in [5.41, 5.74) is -1.29. The predicted octanol–water partition coefficient (Wildman–Crippen LogP) is 1.83. The molecule has 1 spiro atoms. The van der Waals surface area contributed by atoms with Crippen molar-refractivity contribution in [2.24, 2.45) is 0 Å². The molecule has 0 atom stereocenters. The minimum Gasteiger partial charge on any atom is -0.361 e. The number of alkyl halides is 3. The molecule has 0 saturated carbocycles. The van der Waals surface area contributed by atoms with Crippen molar-refractivity contribution in [2.45, 2.75) is 18.0 Å². The molecule has 1 aromatic rings. The molecule has 3 amide bonds. The van der Waals surface area contributed by atoms with Gasteiger partial charge < -0.3 is 9.47 Å². The molecule has 3 aliphatic rings. The highest BCUT2D eigenvalue weighted by atomic mass is 19.4. The quantitative estimate of drug-likeness (QED) is 0.578. The Morgan fingerprint density at radius 3 is 2.18 bits per heavy atom. The molecule has 10 heteroatoms. The summed E-state index contributed by atoms with van der Waals surface area (Å²) in [4.78, 5) is 37.8. The molecule has 1 saturated heterocycles. The Bertz CT molecular complexity index is 875. The lowest BCUT2D eigenvalue weighted by molar-refractivity contribution is -0.177. The second kappa shape index (κ2) is 6.28. The number of hydrogen-bond acceptors (Lipinski definition) is 5. The summed E-state index contributed by atoms with van der Waals surface area (Å²) < 4.78 is 47.1. The first-order chi connectivity index (χ1) is 13.2. The first kappa shape index (κ1) is 18.4. The summed E-state index contributed by atoms with van der Waals surface area (Å²) in [6, 6.07) is 6.12. The van der Waals surface area contributed by atoms with Gasteiger partial charge in [-0.05, 0) is 24.3 Å². The van der Waals surface area contributed by atoms with Gasteiger partial charge in [-0.15, -0.1) is 0 Å². The highest BCUT2D eigenvalue weighted by molar-refractivity contribution is 6.21. The number of halogens is 3. The molecule has 2 heterocycles. The molecule has 0 bridgehead atoms. The molecule has 7 nitrogen and oxygen atoms in total. The van der Waals surface area contributed by atoms with Crippen LogP contribution >= 0.6 is 0 Å². The van der Waals surface area contributed by atoms with E-state index in [2.05, 4.69) is 0 Å². The van der Waals surface area contributed by atoms with E-state index in [0.717, 1.165) is 5.01 Å². The third-order valence-corrected chi connectivity index (χ3v) is 4.46. The second-order valence-electron chi connectivity index (χ2n) is 6.32. The summed E-state index contributed by atoms with van der Waals surface area (Å²) >= 11 is 0. The fraction of sp³-hybridized carbons (Fsp3) is 0.278. The number of hydrazine groups is 1. The monoisotopic (exact) mass is 394 g/mol. The number of hydrogen-bond donors (Lipinski definition) is 0. The van der Waals surface area contributed by atoms with Crippen LogP contribution in [0.25, 0.3) is 0 Å². The molecule has 0 N–H and O–H groups in total. The second-order valence-corrected chi connectivity index (χ2v) is 6.32. The standard InChI is InChI=1S/C18H13F3N2O5/c19-18(20,21)10-27-11-5-7-17(8-6-11)23(14(24)9-28-17)22-15(25)12-3-1-2-4-13(12)16(22)26/h1-8,11H,9-10H2. The molecular formula is C18H13F3N2O5. The molecule has 0 radical (unpaired) electrons. The Hall–Kier alpha value is -2.98. The van der Waals surface area contributed by atoms with Crippen molar-refractivity contribution in [3.8, 4) is 0 Å². The summed E-state index contributed by atoms with van der Waals surface area (Å²) in [5, 5.41) is 1.58. The van der Waals surface area contributed by atoms with Gasteiger partial charge in [-0.2, -0.15) is 18.2 Å². The number of rotatable bonds is 3. The van der Waals surface area contributed by atoms with Crippen molar-refractivity contribution in [3.05, 3.63) is 59.7 Å². The van der Waals surface area contributed by atoms with Crippen LogP contribution in [0.1, 0.15) is 20.7 Å². The Kier molecular flexibility index (Phi) is 4.12. The highest BCUT2D eigenvalue weighted by Gasteiger charge is 2.53. The van der Waals surface area contributed by atoms with E-state index in [1.54, 1.807) is 12.1 Å². The van der Waals surface area contributed by atoms with Crippen molar-refractivity contribution < 1.29 is 37.0 Å². The smallest absolute Gasteiger partial charge is 0.361 e. The average Bonchev–Trinajstić information content (AvgIpc) is 3.09. The van der Waals surface area contributed by atoms with Crippen LogP contribution in [-0.2, 0) is 14.3 Å². The molecule has 1 aliphatic carbocycles. The zero-order chi connectivity index (χ0) is 20.1. The lowest BCUT2D eigenvalue weighted by Gasteiger charge is -2.37. The van der Waals surface area contributed by atoms with E-state index in [1.807, 2.05) is 0 Å². The van der Waals surface area contributed by atoms with Gasteiger partial charge in [0.05, 0.1) is 17.2 Å². The number of imide groups is 1. The van der Waals surface area contributed by atoms with Crippen molar-refractivity contribution in [1.82, 2.24) is 10.0 Å². The molecule has 1 aromatic carbocycles.